The highest BCUT2D eigenvalue weighted by Crippen LogP contribution is 2.42. The zero-order valence-electron chi connectivity index (χ0n) is 19.2. The van der Waals surface area contributed by atoms with Crippen LogP contribution in [0.2, 0.25) is 0 Å². The number of esters is 1. The minimum absolute atomic E-state index is 0.0397. The molecular weight excluding hydrogens is 346 g/mol. The maximum absolute atomic E-state index is 12.7. The third-order valence-electron chi connectivity index (χ3n) is 8.22. The van der Waals surface area contributed by atoms with E-state index in [0.717, 1.165) is 37.0 Å². The fourth-order valence-corrected chi connectivity index (χ4v) is 6.65. The van der Waals surface area contributed by atoms with Crippen LogP contribution >= 0.6 is 0 Å². The smallest absolute Gasteiger partial charge is 0.308 e. The highest BCUT2D eigenvalue weighted by Gasteiger charge is 2.44. The minimum Gasteiger partial charge on any atom is -0.465 e. The van der Waals surface area contributed by atoms with Crippen LogP contribution in [0.15, 0.2) is 0 Å². The van der Waals surface area contributed by atoms with Crippen LogP contribution in [0.25, 0.3) is 0 Å². The largest absolute Gasteiger partial charge is 0.465 e. The highest BCUT2D eigenvalue weighted by atomic mass is 16.5. The summed E-state index contributed by atoms with van der Waals surface area (Å²) in [5.41, 5.74) is 0.173. The molecule has 1 heterocycles. The zero-order chi connectivity index (χ0) is 20.4. The molecule has 0 aromatic heterocycles. The average Bonchev–Trinajstić information content (AvgIpc) is 2.87. The van der Waals surface area contributed by atoms with Gasteiger partial charge in [0.15, 0.2) is 0 Å². The van der Waals surface area contributed by atoms with Crippen LogP contribution in [-0.4, -0.2) is 23.7 Å². The summed E-state index contributed by atoms with van der Waals surface area (Å²) in [5.74, 6) is 3.42. The molecular formula is C25H45NO2. The number of rotatable bonds is 6. The van der Waals surface area contributed by atoms with Crippen LogP contribution < -0.4 is 5.32 Å². The predicted molar refractivity (Wildman–Crippen MR) is 116 cm³/mol. The summed E-state index contributed by atoms with van der Waals surface area (Å²) >= 11 is 0. The minimum atomic E-state index is 0.0397. The molecule has 2 saturated carbocycles. The van der Waals surface area contributed by atoms with Gasteiger partial charge in [-0.05, 0) is 90.4 Å². The molecule has 1 aliphatic heterocycles. The lowest BCUT2D eigenvalue weighted by molar-refractivity contribution is -0.152. The van der Waals surface area contributed by atoms with Crippen molar-refractivity contribution in [2.24, 2.45) is 29.6 Å². The SMILES string of the molecule is CCCC1CCC(C2CCC(C(=O)OCC3CC(C)(C)NC3(C)C)CC2)CC1. The lowest BCUT2D eigenvalue weighted by Crippen LogP contribution is -2.46. The van der Waals surface area contributed by atoms with Gasteiger partial charge in [-0.25, -0.2) is 0 Å². The van der Waals surface area contributed by atoms with Gasteiger partial charge < -0.3 is 10.1 Å². The monoisotopic (exact) mass is 391 g/mol. The molecule has 28 heavy (non-hydrogen) atoms. The summed E-state index contributed by atoms with van der Waals surface area (Å²) in [4.78, 5) is 12.7. The standard InChI is InChI=1S/C25H45NO2/c1-6-7-18-8-10-19(11-9-18)20-12-14-21(15-13-20)23(27)28-17-22-16-24(2,3)26-25(22,4)5/h18-22,26H,6-17H2,1-5H3. The first-order chi connectivity index (χ1) is 13.2. The molecule has 3 rings (SSSR count). The average molecular weight is 392 g/mol. The van der Waals surface area contributed by atoms with Gasteiger partial charge in [0, 0.05) is 17.0 Å². The summed E-state index contributed by atoms with van der Waals surface area (Å²) in [6.45, 7) is 11.9. The van der Waals surface area contributed by atoms with E-state index in [1.807, 2.05) is 0 Å². The summed E-state index contributed by atoms with van der Waals surface area (Å²) in [6.07, 6.45) is 14.2. The summed E-state index contributed by atoms with van der Waals surface area (Å²) in [6, 6.07) is 0. The number of hydrogen-bond acceptors (Lipinski definition) is 3. The van der Waals surface area contributed by atoms with Crippen LogP contribution in [0, 0.1) is 29.6 Å². The molecule has 0 radical (unpaired) electrons. The van der Waals surface area contributed by atoms with E-state index in [4.69, 9.17) is 4.74 Å². The zero-order valence-corrected chi connectivity index (χ0v) is 19.2. The first-order valence-corrected chi connectivity index (χ1v) is 12.2. The topological polar surface area (TPSA) is 38.3 Å². The molecule has 1 unspecified atom stereocenters. The van der Waals surface area contributed by atoms with Gasteiger partial charge in [0.05, 0.1) is 12.5 Å². The van der Waals surface area contributed by atoms with Crippen LogP contribution in [0.5, 0.6) is 0 Å². The van der Waals surface area contributed by atoms with Gasteiger partial charge in [0.2, 0.25) is 0 Å². The Kier molecular flexibility index (Phi) is 7.16. The molecule has 1 saturated heterocycles. The van der Waals surface area contributed by atoms with Gasteiger partial charge in [-0.2, -0.15) is 0 Å². The fraction of sp³-hybridized carbons (Fsp3) is 0.960. The van der Waals surface area contributed by atoms with Crippen LogP contribution in [0.4, 0.5) is 0 Å². The van der Waals surface area contributed by atoms with Crippen LogP contribution in [-0.2, 0) is 9.53 Å². The van der Waals surface area contributed by atoms with Crippen LogP contribution in [0.3, 0.4) is 0 Å². The van der Waals surface area contributed by atoms with Crippen molar-refractivity contribution in [3.8, 4) is 0 Å². The van der Waals surface area contributed by atoms with Gasteiger partial charge in [0.1, 0.15) is 0 Å². The van der Waals surface area contributed by atoms with E-state index in [9.17, 15) is 4.79 Å². The van der Waals surface area contributed by atoms with E-state index in [2.05, 4.69) is 39.9 Å². The lowest BCUT2D eigenvalue weighted by Gasteiger charge is -2.37. The van der Waals surface area contributed by atoms with E-state index in [1.54, 1.807) is 0 Å². The van der Waals surface area contributed by atoms with Crippen molar-refractivity contribution in [2.75, 3.05) is 6.61 Å². The second kappa shape index (κ2) is 9.06. The second-order valence-electron chi connectivity index (χ2n) is 11.4. The molecule has 1 N–H and O–H groups in total. The van der Waals surface area contributed by atoms with E-state index in [1.165, 1.54) is 51.4 Å². The Morgan fingerprint density at radius 3 is 2.00 bits per heavy atom. The Morgan fingerprint density at radius 2 is 1.50 bits per heavy atom. The number of carbonyl (C=O) groups is 1. The van der Waals surface area contributed by atoms with Crippen molar-refractivity contribution in [1.29, 1.82) is 0 Å². The van der Waals surface area contributed by atoms with E-state index < -0.39 is 0 Å². The van der Waals surface area contributed by atoms with Gasteiger partial charge in [-0.1, -0.05) is 32.6 Å². The molecule has 0 spiro atoms. The second-order valence-corrected chi connectivity index (χ2v) is 11.4. The van der Waals surface area contributed by atoms with Gasteiger partial charge >= 0.3 is 5.97 Å². The van der Waals surface area contributed by atoms with Gasteiger partial charge in [0.25, 0.3) is 0 Å². The molecule has 3 aliphatic rings. The van der Waals surface area contributed by atoms with Crippen LogP contribution in [0.1, 0.15) is 105 Å². The summed E-state index contributed by atoms with van der Waals surface area (Å²) < 4.78 is 5.84. The molecule has 0 amide bonds. The number of hydrogen-bond donors (Lipinski definition) is 1. The molecule has 162 valence electrons. The highest BCUT2D eigenvalue weighted by molar-refractivity contribution is 5.72. The molecule has 0 aromatic rings. The molecule has 3 nitrogen and oxygen atoms in total. The molecule has 0 bridgehead atoms. The Bertz CT molecular complexity index is 511. The Labute approximate surface area is 173 Å². The third kappa shape index (κ3) is 5.52. The molecule has 3 fully saturated rings. The number of ether oxygens (including phenoxy) is 1. The van der Waals surface area contributed by atoms with Gasteiger partial charge in [-0.3, -0.25) is 4.79 Å². The Morgan fingerprint density at radius 1 is 0.929 bits per heavy atom. The fourth-order valence-electron chi connectivity index (χ4n) is 6.65. The molecule has 2 aliphatic carbocycles. The van der Waals surface area contributed by atoms with Crippen molar-refractivity contribution in [3.63, 3.8) is 0 Å². The van der Waals surface area contributed by atoms with Gasteiger partial charge in [-0.15, -0.1) is 0 Å². The molecule has 3 heteroatoms. The van der Waals surface area contributed by atoms with E-state index in [-0.39, 0.29) is 23.0 Å². The van der Waals surface area contributed by atoms with E-state index >= 15 is 0 Å². The first-order valence-electron chi connectivity index (χ1n) is 12.2. The number of nitrogens with one attached hydrogen (secondary N) is 1. The Hall–Kier alpha value is -0.570. The normalized spacial score (nSPS) is 37.5. The van der Waals surface area contributed by atoms with Crippen molar-refractivity contribution < 1.29 is 9.53 Å². The first kappa shape index (κ1) is 22.1. The maximum Gasteiger partial charge on any atom is 0.308 e. The molecule has 1 atom stereocenters. The van der Waals surface area contributed by atoms with Crippen molar-refractivity contribution in [1.82, 2.24) is 5.32 Å². The predicted octanol–water partition coefficient (Wildman–Crippen LogP) is 6.11. The number of carbonyl (C=O) groups excluding carboxylic acids is 1. The van der Waals surface area contributed by atoms with Crippen molar-refractivity contribution in [3.05, 3.63) is 0 Å². The quantitative estimate of drug-likeness (QED) is 0.555. The summed E-state index contributed by atoms with van der Waals surface area (Å²) in [5, 5.41) is 3.68. The maximum atomic E-state index is 12.7. The molecule has 0 aromatic carbocycles. The lowest BCUT2D eigenvalue weighted by atomic mass is 9.69. The van der Waals surface area contributed by atoms with E-state index in [0.29, 0.717) is 12.5 Å². The van der Waals surface area contributed by atoms with Crippen molar-refractivity contribution >= 4 is 5.97 Å². The third-order valence-corrected chi connectivity index (χ3v) is 8.22. The van der Waals surface area contributed by atoms with Crippen molar-refractivity contribution in [2.45, 2.75) is 116 Å². The Balaban J connectivity index is 1.39. The summed E-state index contributed by atoms with van der Waals surface area (Å²) in [7, 11) is 0.